The maximum absolute atomic E-state index is 12.4. The van der Waals surface area contributed by atoms with Crippen molar-refractivity contribution in [1.82, 2.24) is 9.97 Å². The van der Waals surface area contributed by atoms with Crippen molar-refractivity contribution in [2.24, 2.45) is 0 Å². The van der Waals surface area contributed by atoms with E-state index in [0.717, 1.165) is 0 Å². The Bertz CT molecular complexity index is 1140. The van der Waals surface area contributed by atoms with Crippen molar-refractivity contribution in [2.75, 3.05) is 10.0 Å². The van der Waals surface area contributed by atoms with Gasteiger partial charge in [-0.2, -0.15) is 0 Å². The van der Waals surface area contributed by atoms with Crippen molar-refractivity contribution in [3.8, 4) is 5.75 Å². The van der Waals surface area contributed by atoms with Crippen molar-refractivity contribution in [1.29, 1.82) is 0 Å². The van der Waals surface area contributed by atoms with E-state index in [0.29, 0.717) is 15.7 Å². The van der Waals surface area contributed by atoms with Crippen molar-refractivity contribution in [2.45, 2.75) is 17.9 Å². The standard InChI is InChI=1S/C19H16Cl2N4O4S/c1-12(29-17-11-13(20)3-8-16(17)21)18(26)24-14-4-6-15(7-5-14)30(27,28)25-19-22-9-2-10-23-19/h2-12H,1H3,(H,24,26)(H,22,23,25). The first-order valence-corrected chi connectivity index (χ1v) is 10.8. The minimum atomic E-state index is -3.86. The van der Waals surface area contributed by atoms with Crippen LogP contribution in [0.1, 0.15) is 6.92 Å². The molecule has 0 aliphatic rings. The number of carbonyl (C=O) groups is 1. The van der Waals surface area contributed by atoms with Gasteiger partial charge in [-0.3, -0.25) is 4.79 Å². The number of aromatic nitrogens is 2. The van der Waals surface area contributed by atoms with Gasteiger partial charge in [0, 0.05) is 29.2 Å². The Kier molecular flexibility index (Phi) is 6.76. The van der Waals surface area contributed by atoms with Crippen molar-refractivity contribution in [3.05, 3.63) is 71.0 Å². The summed E-state index contributed by atoms with van der Waals surface area (Å²) in [6.07, 6.45) is 1.97. The molecule has 0 saturated carbocycles. The Labute approximate surface area is 183 Å². The molecule has 2 N–H and O–H groups in total. The summed E-state index contributed by atoms with van der Waals surface area (Å²) < 4.78 is 32.6. The third-order valence-electron chi connectivity index (χ3n) is 3.79. The van der Waals surface area contributed by atoms with Crippen molar-refractivity contribution in [3.63, 3.8) is 0 Å². The molecule has 8 nitrogen and oxygen atoms in total. The molecule has 156 valence electrons. The summed E-state index contributed by atoms with van der Waals surface area (Å²) in [6.45, 7) is 1.55. The highest BCUT2D eigenvalue weighted by Crippen LogP contribution is 2.28. The van der Waals surface area contributed by atoms with Gasteiger partial charge in [-0.05, 0) is 49.4 Å². The minimum absolute atomic E-state index is 0.0111. The molecule has 3 rings (SSSR count). The van der Waals surface area contributed by atoms with E-state index in [1.54, 1.807) is 25.1 Å². The van der Waals surface area contributed by atoms with Gasteiger partial charge in [-0.15, -0.1) is 0 Å². The lowest BCUT2D eigenvalue weighted by Crippen LogP contribution is -2.30. The number of hydrogen-bond donors (Lipinski definition) is 2. The Morgan fingerprint density at radius 3 is 2.40 bits per heavy atom. The maximum Gasteiger partial charge on any atom is 0.265 e. The van der Waals surface area contributed by atoms with Gasteiger partial charge in [0.25, 0.3) is 15.9 Å². The van der Waals surface area contributed by atoms with Crippen LogP contribution in [0.15, 0.2) is 65.8 Å². The Morgan fingerprint density at radius 2 is 1.73 bits per heavy atom. The van der Waals surface area contributed by atoms with E-state index in [2.05, 4.69) is 20.0 Å². The second-order valence-corrected chi connectivity index (χ2v) is 8.55. The highest BCUT2D eigenvalue weighted by atomic mass is 35.5. The molecule has 0 aliphatic carbocycles. The van der Waals surface area contributed by atoms with Crippen molar-refractivity contribution < 1.29 is 17.9 Å². The average Bonchev–Trinajstić information content (AvgIpc) is 2.71. The van der Waals surface area contributed by atoms with Gasteiger partial charge < -0.3 is 10.1 Å². The zero-order valence-corrected chi connectivity index (χ0v) is 17.9. The van der Waals surface area contributed by atoms with Gasteiger partial charge in [0.05, 0.1) is 9.92 Å². The summed E-state index contributed by atoms with van der Waals surface area (Å²) in [6, 6.07) is 11.9. The number of hydrogen-bond acceptors (Lipinski definition) is 6. The third-order valence-corrected chi connectivity index (χ3v) is 5.68. The van der Waals surface area contributed by atoms with E-state index < -0.39 is 22.0 Å². The van der Waals surface area contributed by atoms with E-state index in [4.69, 9.17) is 27.9 Å². The molecule has 0 radical (unpaired) electrons. The van der Waals surface area contributed by atoms with Gasteiger partial charge in [0.15, 0.2) is 6.10 Å². The number of anilines is 2. The van der Waals surface area contributed by atoms with Crippen LogP contribution in [0.3, 0.4) is 0 Å². The predicted octanol–water partition coefficient (Wildman–Crippen LogP) is 3.99. The number of benzene rings is 2. The molecule has 1 aromatic heterocycles. The lowest BCUT2D eigenvalue weighted by Gasteiger charge is -2.16. The van der Waals surface area contributed by atoms with Crippen LogP contribution in [0.5, 0.6) is 5.75 Å². The lowest BCUT2D eigenvalue weighted by molar-refractivity contribution is -0.122. The molecule has 30 heavy (non-hydrogen) atoms. The van der Waals surface area contributed by atoms with E-state index in [-0.39, 0.29) is 16.6 Å². The Morgan fingerprint density at radius 1 is 1.07 bits per heavy atom. The molecule has 11 heteroatoms. The number of amides is 1. The quantitative estimate of drug-likeness (QED) is 0.544. The molecule has 0 spiro atoms. The van der Waals surface area contributed by atoms with Crippen LogP contribution in [0.4, 0.5) is 11.6 Å². The molecule has 3 aromatic rings. The molecular formula is C19H16Cl2N4O4S. The highest BCUT2D eigenvalue weighted by molar-refractivity contribution is 7.92. The van der Waals surface area contributed by atoms with E-state index in [1.165, 1.54) is 42.7 Å². The molecular weight excluding hydrogens is 451 g/mol. The number of rotatable bonds is 7. The average molecular weight is 467 g/mol. The predicted molar refractivity (Wildman–Crippen MR) is 114 cm³/mol. The lowest BCUT2D eigenvalue weighted by atomic mass is 10.3. The fraction of sp³-hybridized carbons (Fsp3) is 0.105. The van der Waals surface area contributed by atoms with Crippen LogP contribution in [0, 0.1) is 0 Å². The Balaban J connectivity index is 1.64. The normalized spacial score (nSPS) is 12.1. The first-order valence-electron chi connectivity index (χ1n) is 8.57. The van der Waals surface area contributed by atoms with Gasteiger partial charge in [0.1, 0.15) is 5.75 Å². The molecule has 2 aromatic carbocycles. The zero-order valence-electron chi connectivity index (χ0n) is 15.5. The first kappa shape index (κ1) is 21.8. The molecule has 1 heterocycles. The monoisotopic (exact) mass is 466 g/mol. The smallest absolute Gasteiger partial charge is 0.265 e. The summed E-state index contributed by atoms with van der Waals surface area (Å²) in [7, 11) is -3.86. The third kappa shape index (κ3) is 5.59. The molecule has 1 unspecified atom stereocenters. The van der Waals surface area contributed by atoms with E-state index >= 15 is 0 Å². The molecule has 1 amide bonds. The molecule has 1 atom stereocenters. The SMILES string of the molecule is CC(Oc1cc(Cl)ccc1Cl)C(=O)Nc1ccc(S(=O)(=O)Nc2ncccn2)cc1. The Hall–Kier alpha value is -2.88. The summed E-state index contributed by atoms with van der Waals surface area (Å²) in [5.74, 6) is -0.208. The maximum atomic E-state index is 12.4. The summed E-state index contributed by atoms with van der Waals surface area (Å²) in [4.78, 5) is 20.0. The minimum Gasteiger partial charge on any atom is -0.479 e. The summed E-state index contributed by atoms with van der Waals surface area (Å²) in [5.41, 5.74) is 0.391. The fourth-order valence-electron chi connectivity index (χ4n) is 2.30. The van der Waals surface area contributed by atoms with Crippen LogP contribution in [-0.2, 0) is 14.8 Å². The largest absolute Gasteiger partial charge is 0.479 e. The van der Waals surface area contributed by atoms with Crippen LogP contribution >= 0.6 is 23.2 Å². The number of nitrogens with one attached hydrogen (secondary N) is 2. The van der Waals surface area contributed by atoms with E-state index in [1.807, 2.05) is 0 Å². The summed E-state index contributed by atoms with van der Waals surface area (Å²) >= 11 is 11.9. The van der Waals surface area contributed by atoms with E-state index in [9.17, 15) is 13.2 Å². The number of ether oxygens (including phenoxy) is 1. The fourth-order valence-corrected chi connectivity index (χ4v) is 3.59. The first-order chi connectivity index (χ1) is 14.2. The van der Waals surface area contributed by atoms with Gasteiger partial charge >= 0.3 is 0 Å². The second-order valence-electron chi connectivity index (χ2n) is 6.03. The molecule has 0 saturated heterocycles. The van der Waals surface area contributed by atoms with Gasteiger partial charge in [0.2, 0.25) is 5.95 Å². The number of sulfonamides is 1. The number of carbonyl (C=O) groups excluding carboxylic acids is 1. The zero-order chi connectivity index (χ0) is 21.7. The molecule has 0 aliphatic heterocycles. The van der Waals surface area contributed by atoms with Gasteiger partial charge in [-0.25, -0.2) is 23.1 Å². The van der Waals surface area contributed by atoms with Crippen LogP contribution < -0.4 is 14.8 Å². The number of halogens is 2. The van der Waals surface area contributed by atoms with Gasteiger partial charge in [-0.1, -0.05) is 23.2 Å². The number of nitrogens with zero attached hydrogens (tertiary/aromatic N) is 2. The molecule has 0 fully saturated rings. The highest BCUT2D eigenvalue weighted by Gasteiger charge is 2.18. The second kappa shape index (κ2) is 9.29. The topological polar surface area (TPSA) is 110 Å². The van der Waals surface area contributed by atoms with Crippen LogP contribution in [-0.4, -0.2) is 30.4 Å². The van der Waals surface area contributed by atoms with Crippen LogP contribution in [0.2, 0.25) is 10.0 Å². The summed E-state index contributed by atoms with van der Waals surface area (Å²) in [5, 5.41) is 3.39. The van der Waals surface area contributed by atoms with Crippen molar-refractivity contribution >= 4 is 50.8 Å². The van der Waals surface area contributed by atoms with Crippen LogP contribution in [0.25, 0.3) is 0 Å². The molecule has 0 bridgehead atoms.